The number of carbonyl (C=O) groups is 4. The molecule has 0 saturated carbocycles. The summed E-state index contributed by atoms with van der Waals surface area (Å²) in [5.74, 6) is -2.48. The molecule has 2 aromatic rings. The van der Waals surface area contributed by atoms with Gasteiger partial charge in [-0.05, 0) is 18.2 Å². The van der Waals surface area contributed by atoms with Crippen molar-refractivity contribution in [1.29, 1.82) is 0 Å². The van der Waals surface area contributed by atoms with Crippen LogP contribution in [0.3, 0.4) is 0 Å². The van der Waals surface area contributed by atoms with Crippen molar-refractivity contribution in [2.75, 3.05) is 30.0 Å². The minimum absolute atomic E-state index is 0.0692. The van der Waals surface area contributed by atoms with Crippen molar-refractivity contribution >= 4 is 67.9 Å². The molecule has 2 atom stereocenters. The molecule has 5 N–H and O–H groups in total. The average Bonchev–Trinajstić information content (AvgIpc) is 3.12. The number of anilines is 2. The molecule has 1 saturated heterocycles. The van der Waals surface area contributed by atoms with Crippen LogP contribution in [-0.2, 0) is 23.9 Å². The van der Waals surface area contributed by atoms with Crippen LogP contribution in [0.25, 0.3) is 10.2 Å². The highest BCUT2D eigenvalue weighted by Crippen LogP contribution is 2.40. The number of nitrogen functional groups attached to an aromatic ring is 1. The van der Waals surface area contributed by atoms with Crippen molar-refractivity contribution in [3.8, 4) is 0 Å². The van der Waals surface area contributed by atoms with Gasteiger partial charge in [0, 0.05) is 23.9 Å². The molecular formula is C19H19N5O6S2. The van der Waals surface area contributed by atoms with Crippen LogP contribution in [0, 0.1) is 0 Å². The number of thioether (sulfide) groups is 1. The van der Waals surface area contributed by atoms with Crippen LogP contribution < -0.4 is 16.4 Å². The standard InChI is InChI=1S/C19H19N5O6S2/c1-8(25)30-6-9-7-31-17-14(16(27)24(17)15(9)18(28)29)23-13(26)5-21-10-2-3-11-12(4-10)32-19(20)22-11/h2-4,14,17,21H,5-7H2,1H3,(H2,20,22)(H,23,26)(H,28,29)/t14?,17-/m0/s1. The third-order valence-electron chi connectivity index (χ3n) is 4.87. The van der Waals surface area contributed by atoms with Crippen molar-refractivity contribution in [1.82, 2.24) is 15.2 Å². The van der Waals surface area contributed by atoms with Gasteiger partial charge in [0.25, 0.3) is 5.91 Å². The first-order valence-corrected chi connectivity index (χ1v) is 11.3. The predicted octanol–water partition coefficient (Wildman–Crippen LogP) is 0.592. The summed E-state index contributed by atoms with van der Waals surface area (Å²) in [6, 6.07) is 4.57. The van der Waals surface area contributed by atoms with Gasteiger partial charge in [0.2, 0.25) is 5.91 Å². The van der Waals surface area contributed by atoms with Gasteiger partial charge in [-0.15, -0.1) is 11.8 Å². The van der Waals surface area contributed by atoms with Crippen molar-refractivity contribution in [3.63, 3.8) is 0 Å². The van der Waals surface area contributed by atoms with Gasteiger partial charge in [-0.25, -0.2) is 9.78 Å². The molecule has 0 bridgehead atoms. The molecule has 4 rings (SSSR count). The third-order valence-corrected chi connectivity index (χ3v) is 7.06. The van der Waals surface area contributed by atoms with E-state index in [4.69, 9.17) is 10.5 Å². The highest BCUT2D eigenvalue weighted by atomic mass is 32.2. The van der Waals surface area contributed by atoms with E-state index in [-0.39, 0.29) is 24.6 Å². The number of nitrogens with two attached hydrogens (primary N) is 1. The molecule has 32 heavy (non-hydrogen) atoms. The number of carbonyl (C=O) groups excluding carboxylic acids is 3. The average molecular weight is 478 g/mol. The molecule has 1 unspecified atom stereocenters. The topological polar surface area (TPSA) is 164 Å². The van der Waals surface area contributed by atoms with E-state index in [1.54, 1.807) is 12.1 Å². The summed E-state index contributed by atoms with van der Waals surface area (Å²) in [6.07, 6.45) is 0. The number of nitrogens with zero attached hydrogens (tertiary/aromatic N) is 2. The first-order valence-electron chi connectivity index (χ1n) is 9.47. The maximum Gasteiger partial charge on any atom is 0.352 e. The van der Waals surface area contributed by atoms with Gasteiger partial charge < -0.3 is 26.2 Å². The lowest BCUT2D eigenvalue weighted by atomic mass is 10.0. The molecule has 1 aromatic heterocycles. The maximum absolute atomic E-state index is 12.6. The van der Waals surface area contributed by atoms with Crippen molar-refractivity contribution in [3.05, 3.63) is 29.5 Å². The van der Waals surface area contributed by atoms with Gasteiger partial charge in [-0.1, -0.05) is 11.3 Å². The van der Waals surface area contributed by atoms with E-state index >= 15 is 0 Å². The molecule has 1 fully saturated rings. The second-order valence-electron chi connectivity index (χ2n) is 7.08. The summed E-state index contributed by atoms with van der Waals surface area (Å²) < 4.78 is 5.78. The number of carboxylic acids is 1. The number of β-lactam (4-membered cyclic amide) rings is 1. The fraction of sp³-hybridized carbons (Fsp3) is 0.316. The number of benzene rings is 1. The number of thiazole rings is 1. The summed E-state index contributed by atoms with van der Waals surface area (Å²) in [5, 5.41) is 15.1. The Kier molecular flexibility index (Phi) is 5.93. The SMILES string of the molecule is CC(=O)OCC1=C(C(=O)O)N2C(=O)C(NC(=O)CNc3ccc4nc(N)sc4c3)[C@@H]2SC1. The van der Waals surface area contributed by atoms with Crippen LogP contribution in [0.4, 0.5) is 10.8 Å². The van der Waals surface area contributed by atoms with Crippen LogP contribution in [-0.4, -0.2) is 69.1 Å². The highest BCUT2D eigenvalue weighted by molar-refractivity contribution is 8.00. The summed E-state index contributed by atoms with van der Waals surface area (Å²) in [7, 11) is 0. The smallest absolute Gasteiger partial charge is 0.352 e. The Bertz CT molecular complexity index is 1160. The van der Waals surface area contributed by atoms with Gasteiger partial charge in [0.15, 0.2) is 5.13 Å². The molecule has 0 radical (unpaired) electrons. The van der Waals surface area contributed by atoms with E-state index in [0.29, 0.717) is 16.4 Å². The molecule has 3 heterocycles. The summed E-state index contributed by atoms with van der Waals surface area (Å²) >= 11 is 2.64. The fourth-order valence-electron chi connectivity index (χ4n) is 3.44. The number of nitrogens with one attached hydrogen (secondary N) is 2. The minimum Gasteiger partial charge on any atom is -0.477 e. The molecule has 0 spiro atoms. The fourth-order valence-corrected chi connectivity index (χ4v) is 5.54. The molecular weight excluding hydrogens is 458 g/mol. The maximum atomic E-state index is 12.6. The number of aliphatic carboxylic acids is 1. The molecule has 2 aliphatic rings. The normalized spacial score (nSPS) is 19.9. The Labute approximate surface area is 190 Å². The van der Waals surface area contributed by atoms with E-state index in [9.17, 15) is 24.3 Å². The zero-order chi connectivity index (χ0) is 23.0. The Morgan fingerprint density at radius 1 is 1.38 bits per heavy atom. The Hall–Kier alpha value is -3.32. The lowest BCUT2D eigenvalue weighted by Gasteiger charge is -2.49. The number of amides is 2. The van der Waals surface area contributed by atoms with Gasteiger partial charge in [-0.3, -0.25) is 19.3 Å². The van der Waals surface area contributed by atoms with Crippen molar-refractivity contribution < 1.29 is 29.0 Å². The van der Waals surface area contributed by atoms with E-state index in [2.05, 4.69) is 15.6 Å². The van der Waals surface area contributed by atoms with E-state index in [1.165, 1.54) is 30.0 Å². The second-order valence-corrected chi connectivity index (χ2v) is 9.25. The number of esters is 1. The molecule has 0 aliphatic carbocycles. The van der Waals surface area contributed by atoms with Gasteiger partial charge in [0.05, 0.1) is 16.8 Å². The molecule has 13 heteroatoms. The predicted molar refractivity (Wildman–Crippen MR) is 119 cm³/mol. The van der Waals surface area contributed by atoms with Crippen LogP contribution in [0.1, 0.15) is 6.92 Å². The monoisotopic (exact) mass is 477 g/mol. The lowest BCUT2D eigenvalue weighted by Crippen LogP contribution is -2.71. The molecule has 2 aliphatic heterocycles. The highest BCUT2D eigenvalue weighted by Gasteiger charge is 2.54. The summed E-state index contributed by atoms with van der Waals surface area (Å²) in [5.41, 5.74) is 7.32. The lowest BCUT2D eigenvalue weighted by molar-refractivity contribution is -0.150. The number of fused-ring (bicyclic) bond motifs is 2. The number of ether oxygens (including phenoxy) is 1. The summed E-state index contributed by atoms with van der Waals surface area (Å²) in [4.78, 5) is 53.1. The molecule has 2 amide bonds. The van der Waals surface area contributed by atoms with E-state index in [1.807, 2.05) is 6.07 Å². The Morgan fingerprint density at radius 3 is 2.88 bits per heavy atom. The van der Waals surface area contributed by atoms with Gasteiger partial charge >= 0.3 is 11.9 Å². The first kappa shape index (κ1) is 21.9. The Morgan fingerprint density at radius 2 is 2.16 bits per heavy atom. The quantitative estimate of drug-likeness (QED) is 0.328. The van der Waals surface area contributed by atoms with Crippen molar-refractivity contribution in [2.24, 2.45) is 0 Å². The molecule has 1 aromatic carbocycles. The van der Waals surface area contributed by atoms with E-state index in [0.717, 1.165) is 15.1 Å². The number of hydrogen-bond donors (Lipinski definition) is 4. The van der Waals surface area contributed by atoms with Crippen molar-refractivity contribution in [2.45, 2.75) is 18.3 Å². The molecule has 11 nitrogen and oxygen atoms in total. The minimum atomic E-state index is -1.28. The van der Waals surface area contributed by atoms with Crippen LogP contribution >= 0.6 is 23.1 Å². The van der Waals surface area contributed by atoms with Crippen LogP contribution in [0.5, 0.6) is 0 Å². The van der Waals surface area contributed by atoms with Crippen LogP contribution in [0.15, 0.2) is 29.5 Å². The van der Waals surface area contributed by atoms with Crippen LogP contribution in [0.2, 0.25) is 0 Å². The largest absolute Gasteiger partial charge is 0.477 e. The van der Waals surface area contributed by atoms with Gasteiger partial charge in [0.1, 0.15) is 23.7 Å². The molecule has 168 valence electrons. The van der Waals surface area contributed by atoms with Gasteiger partial charge in [-0.2, -0.15) is 0 Å². The third kappa shape index (κ3) is 4.21. The van der Waals surface area contributed by atoms with E-state index < -0.39 is 35.2 Å². The number of rotatable bonds is 7. The zero-order valence-corrected chi connectivity index (χ0v) is 18.4. The Balaban J connectivity index is 1.37. The number of carboxylic acid groups (broad SMARTS) is 1. The summed E-state index contributed by atoms with van der Waals surface area (Å²) in [6.45, 7) is 0.955. The first-order chi connectivity index (χ1) is 15.2. The second kappa shape index (κ2) is 8.67. The number of aromatic nitrogens is 1. The zero-order valence-electron chi connectivity index (χ0n) is 16.8. The number of hydrogen-bond acceptors (Lipinski definition) is 10.